The quantitative estimate of drug-likeness (QED) is 0.847. The number of nitrogens with one attached hydrogen (secondary N) is 1. The Labute approximate surface area is 126 Å². The normalized spacial score (nSPS) is 12.3. The van der Waals surface area contributed by atoms with Crippen LogP contribution in [0, 0.1) is 5.92 Å². The van der Waals surface area contributed by atoms with Crippen LogP contribution < -0.4 is 5.32 Å². The summed E-state index contributed by atoms with van der Waals surface area (Å²) in [5.74, 6) is -0.749. The summed E-state index contributed by atoms with van der Waals surface area (Å²) in [6.45, 7) is 8.47. The molecule has 0 fully saturated rings. The van der Waals surface area contributed by atoms with Gasteiger partial charge < -0.3 is 15.3 Å². The van der Waals surface area contributed by atoms with Gasteiger partial charge in [0.1, 0.15) is 0 Å². The third kappa shape index (κ3) is 5.10. The average Bonchev–Trinajstić information content (AvgIpc) is 2.42. The smallest absolute Gasteiger partial charge is 0.330 e. The molecule has 0 spiro atoms. The standard InChI is InChI=1S/C16H24N2O3/c1-11(2)10-18(12(3)4)16(21)17-14(15(19)20)13-8-6-5-7-9-13/h5-9,11-12,14H,10H2,1-4H3,(H,17,21)(H,19,20)/t14-/m0/s1. The van der Waals surface area contributed by atoms with Crippen LogP contribution in [0.1, 0.15) is 39.3 Å². The fourth-order valence-electron chi connectivity index (χ4n) is 2.06. The van der Waals surface area contributed by atoms with Crippen molar-refractivity contribution in [2.75, 3.05) is 6.54 Å². The lowest BCUT2D eigenvalue weighted by Gasteiger charge is -2.30. The molecule has 1 aromatic rings. The van der Waals surface area contributed by atoms with E-state index in [2.05, 4.69) is 5.32 Å². The van der Waals surface area contributed by atoms with Crippen molar-refractivity contribution in [1.29, 1.82) is 0 Å². The molecule has 0 unspecified atom stereocenters. The van der Waals surface area contributed by atoms with Crippen LogP contribution in [0.2, 0.25) is 0 Å². The number of nitrogens with zero attached hydrogens (tertiary/aromatic N) is 1. The van der Waals surface area contributed by atoms with Crippen LogP contribution in [0.15, 0.2) is 30.3 Å². The lowest BCUT2D eigenvalue weighted by atomic mass is 10.1. The largest absolute Gasteiger partial charge is 0.479 e. The van der Waals surface area contributed by atoms with E-state index in [1.807, 2.05) is 33.8 Å². The van der Waals surface area contributed by atoms with Crippen LogP contribution in [-0.4, -0.2) is 34.6 Å². The number of hydrogen-bond acceptors (Lipinski definition) is 2. The number of aliphatic carboxylic acids is 1. The molecule has 0 heterocycles. The third-order valence-electron chi connectivity index (χ3n) is 3.09. The molecule has 1 atom stereocenters. The third-order valence-corrected chi connectivity index (χ3v) is 3.09. The number of carbonyl (C=O) groups is 2. The Kier molecular flexibility index (Phi) is 6.21. The van der Waals surface area contributed by atoms with Gasteiger partial charge in [0.15, 0.2) is 6.04 Å². The highest BCUT2D eigenvalue weighted by Gasteiger charge is 2.26. The summed E-state index contributed by atoms with van der Waals surface area (Å²) >= 11 is 0. The first-order chi connectivity index (χ1) is 9.82. The average molecular weight is 292 g/mol. The molecule has 21 heavy (non-hydrogen) atoms. The van der Waals surface area contributed by atoms with Gasteiger partial charge in [0.05, 0.1) is 0 Å². The molecular weight excluding hydrogens is 268 g/mol. The summed E-state index contributed by atoms with van der Waals surface area (Å²) in [4.78, 5) is 25.4. The summed E-state index contributed by atoms with van der Waals surface area (Å²) in [5.41, 5.74) is 0.562. The number of benzene rings is 1. The fourth-order valence-corrected chi connectivity index (χ4v) is 2.06. The molecule has 0 aliphatic rings. The minimum absolute atomic E-state index is 0.0117. The summed E-state index contributed by atoms with van der Waals surface area (Å²) < 4.78 is 0. The van der Waals surface area contributed by atoms with Gasteiger partial charge in [0.2, 0.25) is 0 Å². The van der Waals surface area contributed by atoms with Crippen molar-refractivity contribution in [3.8, 4) is 0 Å². The van der Waals surface area contributed by atoms with Crippen LogP contribution in [-0.2, 0) is 4.79 Å². The maximum atomic E-state index is 12.4. The first-order valence-corrected chi connectivity index (χ1v) is 7.17. The van der Waals surface area contributed by atoms with Gasteiger partial charge in [0.25, 0.3) is 0 Å². The highest BCUT2D eigenvalue weighted by Crippen LogP contribution is 2.14. The van der Waals surface area contributed by atoms with Crippen molar-refractivity contribution in [1.82, 2.24) is 10.2 Å². The first-order valence-electron chi connectivity index (χ1n) is 7.17. The van der Waals surface area contributed by atoms with Crippen molar-refractivity contribution in [2.45, 2.75) is 39.8 Å². The maximum absolute atomic E-state index is 12.4. The number of carboxylic acids is 1. The van der Waals surface area contributed by atoms with Gasteiger partial charge in [-0.1, -0.05) is 44.2 Å². The predicted octanol–water partition coefficient (Wildman–Crippen LogP) is 2.89. The zero-order valence-corrected chi connectivity index (χ0v) is 13.0. The molecule has 5 nitrogen and oxygen atoms in total. The van der Waals surface area contributed by atoms with Crippen LogP contribution >= 0.6 is 0 Å². The summed E-state index contributed by atoms with van der Waals surface area (Å²) in [6, 6.07) is 7.34. The molecule has 0 saturated heterocycles. The van der Waals surface area contributed by atoms with Crippen molar-refractivity contribution in [3.05, 3.63) is 35.9 Å². The minimum atomic E-state index is -1.07. The molecule has 2 amide bonds. The first kappa shape index (κ1) is 17.0. The number of urea groups is 1. The van der Waals surface area contributed by atoms with Gasteiger partial charge in [-0.3, -0.25) is 0 Å². The lowest BCUT2D eigenvalue weighted by Crippen LogP contribution is -2.48. The summed E-state index contributed by atoms with van der Waals surface area (Å²) in [5, 5.41) is 12.0. The van der Waals surface area contributed by atoms with Crippen molar-refractivity contribution in [2.24, 2.45) is 5.92 Å². The Morgan fingerprint density at radius 1 is 1.14 bits per heavy atom. The Hall–Kier alpha value is -2.04. The molecule has 0 radical (unpaired) electrons. The maximum Gasteiger partial charge on any atom is 0.330 e. The van der Waals surface area contributed by atoms with E-state index in [-0.39, 0.29) is 12.1 Å². The highest BCUT2D eigenvalue weighted by molar-refractivity contribution is 5.83. The zero-order chi connectivity index (χ0) is 16.0. The van der Waals surface area contributed by atoms with E-state index < -0.39 is 12.0 Å². The van der Waals surface area contributed by atoms with E-state index in [1.165, 1.54) is 0 Å². The molecule has 2 N–H and O–H groups in total. The monoisotopic (exact) mass is 292 g/mol. The SMILES string of the molecule is CC(C)CN(C(=O)N[C@H](C(=O)O)c1ccccc1)C(C)C. The Bertz CT molecular complexity index is 472. The lowest BCUT2D eigenvalue weighted by molar-refractivity contribution is -0.139. The summed E-state index contributed by atoms with van der Waals surface area (Å²) in [7, 11) is 0. The molecule has 5 heteroatoms. The van der Waals surface area contributed by atoms with E-state index >= 15 is 0 Å². The molecular formula is C16H24N2O3. The molecule has 0 aromatic heterocycles. The minimum Gasteiger partial charge on any atom is -0.479 e. The van der Waals surface area contributed by atoms with E-state index in [0.717, 1.165) is 0 Å². The van der Waals surface area contributed by atoms with E-state index in [9.17, 15) is 14.7 Å². The van der Waals surface area contributed by atoms with Crippen LogP contribution in [0.5, 0.6) is 0 Å². The highest BCUT2D eigenvalue weighted by atomic mass is 16.4. The second-order valence-electron chi connectivity index (χ2n) is 5.77. The van der Waals surface area contributed by atoms with Gasteiger partial charge >= 0.3 is 12.0 Å². The molecule has 0 saturated carbocycles. The van der Waals surface area contributed by atoms with Crippen LogP contribution in [0.25, 0.3) is 0 Å². The molecule has 0 aliphatic heterocycles. The number of amides is 2. The molecule has 1 aromatic carbocycles. The topological polar surface area (TPSA) is 69.6 Å². The molecule has 0 bridgehead atoms. The van der Waals surface area contributed by atoms with Gasteiger partial charge in [0, 0.05) is 12.6 Å². The molecule has 0 aliphatic carbocycles. The second-order valence-corrected chi connectivity index (χ2v) is 5.77. The number of hydrogen-bond donors (Lipinski definition) is 2. The van der Waals surface area contributed by atoms with Crippen LogP contribution in [0.4, 0.5) is 4.79 Å². The van der Waals surface area contributed by atoms with E-state index in [0.29, 0.717) is 18.0 Å². The van der Waals surface area contributed by atoms with Gasteiger partial charge in [-0.05, 0) is 25.3 Å². The molecule has 1 rings (SSSR count). The van der Waals surface area contributed by atoms with Gasteiger partial charge in [-0.2, -0.15) is 0 Å². The predicted molar refractivity (Wildman–Crippen MR) is 82.0 cm³/mol. The Morgan fingerprint density at radius 3 is 2.14 bits per heavy atom. The fraction of sp³-hybridized carbons (Fsp3) is 0.500. The van der Waals surface area contributed by atoms with Gasteiger partial charge in [-0.25, -0.2) is 9.59 Å². The van der Waals surface area contributed by atoms with Crippen molar-refractivity contribution < 1.29 is 14.7 Å². The number of carbonyl (C=O) groups excluding carboxylic acids is 1. The van der Waals surface area contributed by atoms with Crippen molar-refractivity contribution >= 4 is 12.0 Å². The van der Waals surface area contributed by atoms with Crippen LogP contribution in [0.3, 0.4) is 0 Å². The van der Waals surface area contributed by atoms with Gasteiger partial charge in [-0.15, -0.1) is 0 Å². The van der Waals surface area contributed by atoms with E-state index in [1.54, 1.807) is 29.2 Å². The second kappa shape index (κ2) is 7.67. The molecule has 116 valence electrons. The number of rotatable bonds is 6. The Morgan fingerprint density at radius 2 is 1.71 bits per heavy atom. The van der Waals surface area contributed by atoms with E-state index in [4.69, 9.17) is 0 Å². The zero-order valence-electron chi connectivity index (χ0n) is 13.0. The Balaban J connectivity index is 2.88. The van der Waals surface area contributed by atoms with Crippen molar-refractivity contribution in [3.63, 3.8) is 0 Å². The summed E-state index contributed by atoms with van der Waals surface area (Å²) in [6.07, 6.45) is 0. The number of carboxylic acid groups (broad SMARTS) is 1.